The van der Waals surface area contributed by atoms with Gasteiger partial charge in [-0.05, 0) is 107 Å². The molecule has 0 aromatic rings. The minimum atomic E-state index is 0.815. The Labute approximate surface area is 150 Å². The Morgan fingerprint density at radius 2 is 1.50 bits per heavy atom. The van der Waals surface area contributed by atoms with Crippen molar-refractivity contribution in [1.29, 1.82) is 0 Å². The molecule has 0 bridgehead atoms. The van der Waals surface area contributed by atoms with E-state index in [2.05, 4.69) is 24.7 Å². The van der Waals surface area contributed by atoms with Gasteiger partial charge in [0.2, 0.25) is 0 Å². The Balaban J connectivity index is 1.41. The van der Waals surface area contributed by atoms with E-state index in [1.807, 2.05) is 0 Å². The zero-order chi connectivity index (χ0) is 16.8. The number of hydrogen-bond donors (Lipinski definition) is 0. The Kier molecular flexibility index (Phi) is 6.65. The van der Waals surface area contributed by atoms with Crippen LogP contribution in [0.5, 0.6) is 0 Å². The molecule has 3 aliphatic rings. The third-order valence-electron chi connectivity index (χ3n) is 7.44. The number of allylic oxidation sites excluding steroid dienone is 3. The molecular formula is C24H36. The van der Waals surface area contributed by atoms with Gasteiger partial charge in [0.1, 0.15) is 0 Å². The van der Waals surface area contributed by atoms with Crippen LogP contribution < -0.4 is 0 Å². The van der Waals surface area contributed by atoms with Crippen molar-refractivity contribution in [2.24, 2.45) is 29.6 Å². The van der Waals surface area contributed by atoms with Crippen LogP contribution in [0.25, 0.3) is 0 Å². The van der Waals surface area contributed by atoms with Crippen molar-refractivity contribution in [2.45, 2.75) is 83.5 Å². The lowest BCUT2D eigenvalue weighted by atomic mass is 9.66. The Morgan fingerprint density at radius 3 is 2.00 bits per heavy atom. The lowest BCUT2D eigenvalue weighted by molar-refractivity contribution is 0.127. The van der Waals surface area contributed by atoms with Crippen LogP contribution in [-0.2, 0) is 0 Å². The van der Waals surface area contributed by atoms with Crippen LogP contribution >= 0.6 is 0 Å². The molecular weight excluding hydrogens is 288 g/mol. The summed E-state index contributed by atoms with van der Waals surface area (Å²) in [6, 6.07) is 0. The first-order valence-corrected chi connectivity index (χ1v) is 10.5. The van der Waals surface area contributed by atoms with E-state index < -0.39 is 0 Å². The fourth-order valence-corrected chi connectivity index (χ4v) is 5.74. The van der Waals surface area contributed by atoms with Gasteiger partial charge in [-0.15, -0.1) is 18.9 Å². The first-order chi connectivity index (χ1) is 11.8. The average molecular weight is 325 g/mol. The molecule has 1 atom stereocenters. The standard InChI is InChI=1S/C24H36/c1-3-5-6-20-9-13-22(14-10-20)24-17-15-23(16-18-24)21-11-7-19(4-2)8-12-21/h1,4,9,19,21-24H,2,5-8,10-18H2. The molecule has 0 N–H and O–H groups in total. The van der Waals surface area contributed by atoms with Gasteiger partial charge in [-0.25, -0.2) is 0 Å². The highest BCUT2D eigenvalue weighted by Crippen LogP contribution is 2.45. The van der Waals surface area contributed by atoms with Crippen LogP contribution in [0.4, 0.5) is 0 Å². The predicted octanol–water partition coefficient (Wildman–Crippen LogP) is 6.93. The Bertz CT molecular complexity index is 461. The van der Waals surface area contributed by atoms with Gasteiger partial charge in [-0.3, -0.25) is 0 Å². The Hall–Kier alpha value is -0.960. The highest BCUT2D eigenvalue weighted by molar-refractivity contribution is 5.09. The molecule has 0 radical (unpaired) electrons. The van der Waals surface area contributed by atoms with Crippen molar-refractivity contribution in [3.63, 3.8) is 0 Å². The molecule has 132 valence electrons. The first-order valence-electron chi connectivity index (χ1n) is 10.5. The third kappa shape index (κ3) is 4.56. The maximum atomic E-state index is 5.40. The number of terminal acetylenes is 1. The lowest BCUT2D eigenvalue weighted by Crippen LogP contribution is -2.28. The minimum Gasteiger partial charge on any atom is -0.120 e. The molecule has 2 saturated carbocycles. The van der Waals surface area contributed by atoms with E-state index in [-0.39, 0.29) is 0 Å². The van der Waals surface area contributed by atoms with Crippen molar-refractivity contribution in [3.8, 4) is 12.3 Å². The maximum absolute atomic E-state index is 5.40. The van der Waals surface area contributed by atoms with Crippen molar-refractivity contribution in [2.75, 3.05) is 0 Å². The van der Waals surface area contributed by atoms with Crippen LogP contribution in [0.1, 0.15) is 83.5 Å². The van der Waals surface area contributed by atoms with E-state index >= 15 is 0 Å². The van der Waals surface area contributed by atoms with Crippen LogP contribution in [0, 0.1) is 41.9 Å². The summed E-state index contributed by atoms with van der Waals surface area (Å²) in [5, 5.41) is 0. The summed E-state index contributed by atoms with van der Waals surface area (Å²) in [5.74, 6) is 7.65. The maximum Gasteiger partial charge on any atom is 0.0123 e. The van der Waals surface area contributed by atoms with Gasteiger partial charge >= 0.3 is 0 Å². The molecule has 2 fully saturated rings. The van der Waals surface area contributed by atoms with Gasteiger partial charge in [-0.2, -0.15) is 0 Å². The fourth-order valence-electron chi connectivity index (χ4n) is 5.74. The topological polar surface area (TPSA) is 0 Å². The second-order valence-corrected chi connectivity index (χ2v) is 8.69. The van der Waals surface area contributed by atoms with Gasteiger partial charge in [0.25, 0.3) is 0 Å². The third-order valence-corrected chi connectivity index (χ3v) is 7.44. The van der Waals surface area contributed by atoms with E-state index in [1.54, 1.807) is 5.57 Å². The van der Waals surface area contributed by atoms with Crippen molar-refractivity contribution < 1.29 is 0 Å². The zero-order valence-corrected chi connectivity index (χ0v) is 15.5. The first kappa shape index (κ1) is 17.8. The highest BCUT2D eigenvalue weighted by Gasteiger charge is 2.33. The van der Waals surface area contributed by atoms with Gasteiger partial charge in [0.15, 0.2) is 0 Å². The molecule has 0 heteroatoms. The van der Waals surface area contributed by atoms with Crippen molar-refractivity contribution in [3.05, 3.63) is 24.3 Å². The number of hydrogen-bond acceptors (Lipinski definition) is 0. The van der Waals surface area contributed by atoms with Crippen molar-refractivity contribution in [1.82, 2.24) is 0 Å². The minimum absolute atomic E-state index is 0.815. The summed E-state index contributed by atoms with van der Waals surface area (Å²) in [4.78, 5) is 0. The SMILES string of the molecule is C#CCCC1=CCC(C2CCC(C3CCC(C=C)CC3)CC2)CC1. The second-order valence-electron chi connectivity index (χ2n) is 8.69. The summed E-state index contributed by atoms with van der Waals surface area (Å²) in [5.41, 5.74) is 1.64. The largest absolute Gasteiger partial charge is 0.120 e. The molecule has 1 unspecified atom stereocenters. The summed E-state index contributed by atoms with van der Waals surface area (Å²) in [6.45, 7) is 3.99. The van der Waals surface area contributed by atoms with Crippen molar-refractivity contribution >= 4 is 0 Å². The smallest absolute Gasteiger partial charge is 0.0123 e. The normalized spacial score (nSPS) is 37.3. The molecule has 0 spiro atoms. The van der Waals surface area contributed by atoms with Crippen LogP contribution in [-0.4, -0.2) is 0 Å². The molecule has 0 aliphatic heterocycles. The van der Waals surface area contributed by atoms with Crippen LogP contribution in [0.15, 0.2) is 24.3 Å². The monoisotopic (exact) mass is 324 g/mol. The molecule has 0 aromatic heterocycles. The molecule has 3 rings (SSSR count). The molecule has 0 aromatic carbocycles. The number of rotatable bonds is 5. The van der Waals surface area contributed by atoms with Gasteiger partial charge in [0.05, 0.1) is 0 Å². The summed E-state index contributed by atoms with van der Waals surface area (Å²) < 4.78 is 0. The van der Waals surface area contributed by atoms with E-state index in [1.165, 1.54) is 70.6 Å². The van der Waals surface area contributed by atoms with E-state index in [0.717, 1.165) is 42.4 Å². The van der Waals surface area contributed by atoms with Gasteiger partial charge in [0, 0.05) is 6.42 Å². The molecule has 0 nitrogen and oxygen atoms in total. The van der Waals surface area contributed by atoms with E-state index in [0.29, 0.717) is 0 Å². The quantitative estimate of drug-likeness (QED) is 0.380. The van der Waals surface area contributed by atoms with E-state index in [4.69, 9.17) is 6.42 Å². The second kappa shape index (κ2) is 8.94. The van der Waals surface area contributed by atoms with Gasteiger partial charge < -0.3 is 0 Å². The van der Waals surface area contributed by atoms with E-state index in [9.17, 15) is 0 Å². The molecule has 0 heterocycles. The highest BCUT2D eigenvalue weighted by atomic mass is 14.4. The zero-order valence-electron chi connectivity index (χ0n) is 15.5. The predicted molar refractivity (Wildman–Crippen MR) is 105 cm³/mol. The lowest BCUT2D eigenvalue weighted by Gasteiger charge is -2.40. The Morgan fingerprint density at radius 1 is 0.917 bits per heavy atom. The molecule has 0 amide bonds. The molecule has 24 heavy (non-hydrogen) atoms. The summed E-state index contributed by atoms with van der Waals surface area (Å²) in [7, 11) is 0. The van der Waals surface area contributed by atoms with Crippen LogP contribution in [0.2, 0.25) is 0 Å². The molecule has 3 aliphatic carbocycles. The summed E-state index contributed by atoms with van der Waals surface area (Å²) >= 11 is 0. The molecule has 0 saturated heterocycles. The average Bonchev–Trinajstić information content (AvgIpc) is 2.67. The van der Waals surface area contributed by atoms with Gasteiger partial charge in [-0.1, -0.05) is 17.7 Å². The van der Waals surface area contributed by atoms with Crippen LogP contribution in [0.3, 0.4) is 0 Å². The summed E-state index contributed by atoms with van der Waals surface area (Å²) in [6.07, 6.45) is 28.1. The fraction of sp³-hybridized carbons (Fsp3) is 0.750.